The Morgan fingerprint density at radius 3 is 2.82 bits per heavy atom. The summed E-state index contributed by atoms with van der Waals surface area (Å²) in [7, 11) is -2.93. The van der Waals surface area contributed by atoms with Crippen LogP contribution >= 0.6 is 0 Å². The minimum Gasteiger partial charge on any atom is -0.310 e. The topological polar surface area (TPSA) is 76.9 Å². The number of hydrogen-bond acceptors (Lipinski definition) is 5. The van der Waals surface area contributed by atoms with Gasteiger partial charge in [-0.3, -0.25) is 4.68 Å². The second-order valence-corrected chi connectivity index (χ2v) is 6.31. The normalized spacial score (nSPS) is 11.9. The van der Waals surface area contributed by atoms with E-state index >= 15 is 0 Å². The van der Waals surface area contributed by atoms with Crippen LogP contribution in [0.2, 0.25) is 0 Å². The third-order valence-corrected chi connectivity index (χ3v) is 4.05. The van der Waals surface area contributed by atoms with Crippen molar-refractivity contribution in [3.05, 3.63) is 12.2 Å². The van der Waals surface area contributed by atoms with Crippen molar-refractivity contribution in [1.82, 2.24) is 20.1 Å². The van der Waals surface area contributed by atoms with Crippen LogP contribution in [0.3, 0.4) is 0 Å². The lowest BCUT2D eigenvalue weighted by Crippen LogP contribution is -2.17. The fraction of sp³-hybridized carbons (Fsp3) is 0.800. The molecule has 0 unspecified atom stereocenters. The number of nitrogens with one attached hydrogen (secondary N) is 1. The van der Waals surface area contributed by atoms with Gasteiger partial charge >= 0.3 is 0 Å². The predicted octanol–water partition coefficient (Wildman–Crippen LogP) is 0.212. The summed E-state index contributed by atoms with van der Waals surface area (Å²) in [4.78, 5) is 4.11. The highest BCUT2D eigenvalue weighted by atomic mass is 32.2. The smallest absolute Gasteiger partial charge is 0.164 e. The third kappa shape index (κ3) is 5.27. The van der Waals surface area contributed by atoms with Crippen LogP contribution in [0.1, 0.15) is 26.1 Å². The first-order valence-electron chi connectivity index (χ1n) is 5.87. The fourth-order valence-corrected chi connectivity index (χ4v) is 2.03. The average Bonchev–Trinajstić information content (AvgIpc) is 2.75. The standard InChI is InChI=1S/C10H20N4O2S/c1-3-5-11-8-10-12-9-14(13-10)6-7-17(15,16)4-2/h9,11H,3-8H2,1-2H3. The van der Waals surface area contributed by atoms with Crippen molar-refractivity contribution in [1.29, 1.82) is 0 Å². The molecule has 0 aliphatic rings. The lowest BCUT2D eigenvalue weighted by Gasteiger charge is -2.01. The molecule has 0 saturated heterocycles. The lowest BCUT2D eigenvalue weighted by atomic mass is 10.5. The van der Waals surface area contributed by atoms with Crippen LogP contribution in [0.4, 0.5) is 0 Å². The highest BCUT2D eigenvalue weighted by Crippen LogP contribution is 1.94. The summed E-state index contributed by atoms with van der Waals surface area (Å²) in [6, 6.07) is 0. The van der Waals surface area contributed by atoms with Crippen LogP contribution in [0.5, 0.6) is 0 Å². The first-order valence-corrected chi connectivity index (χ1v) is 7.69. The molecule has 0 amide bonds. The molecule has 1 rings (SSSR count). The van der Waals surface area contributed by atoms with E-state index in [0.717, 1.165) is 13.0 Å². The Morgan fingerprint density at radius 2 is 2.18 bits per heavy atom. The Hall–Kier alpha value is -0.950. The summed E-state index contributed by atoms with van der Waals surface area (Å²) in [6.45, 7) is 5.67. The van der Waals surface area contributed by atoms with Crippen LogP contribution in [-0.2, 0) is 22.9 Å². The van der Waals surface area contributed by atoms with Gasteiger partial charge < -0.3 is 5.32 Å². The first-order chi connectivity index (χ1) is 8.07. The molecule has 17 heavy (non-hydrogen) atoms. The van der Waals surface area contributed by atoms with Gasteiger partial charge in [-0.25, -0.2) is 13.4 Å². The van der Waals surface area contributed by atoms with E-state index in [1.807, 2.05) is 0 Å². The number of rotatable bonds is 8. The molecule has 0 spiro atoms. The molecule has 1 aromatic heterocycles. The van der Waals surface area contributed by atoms with E-state index in [9.17, 15) is 8.42 Å². The Balaban J connectivity index is 2.40. The van der Waals surface area contributed by atoms with Crippen molar-refractivity contribution in [2.75, 3.05) is 18.1 Å². The SMILES string of the molecule is CCCNCc1ncn(CCS(=O)(=O)CC)n1. The molecule has 0 fully saturated rings. The predicted molar refractivity (Wildman–Crippen MR) is 66.3 cm³/mol. The monoisotopic (exact) mass is 260 g/mol. The maximum Gasteiger partial charge on any atom is 0.164 e. The van der Waals surface area contributed by atoms with Crippen molar-refractivity contribution in [2.45, 2.75) is 33.4 Å². The fourth-order valence-electron chi connectivity index (χ4n) is 1.28. The van der Waals surface area contributed by atoms with Gasteiger partial charge in [0.1, 0.15) is 6.33 Å². The summed E-state index contributed by atoms with van der Waals surface area (Å²) < 4.78 is 24.2. The van der Waals surface area contributed by atoms with Crippen LogP contribution in [-0.4, -0.2) is 41.2 Å². The van der Waals surface area contributed by atoms with E-state index in [1.54, 1.807) is 17.9 Å². The van der Waals surface area contributed by atoms with E-state index in [4.69, 9.17) is 0 Å². The quantitative estimate of drug-likeness (QED) is 0.676. The molecule has 98 valence electrons. The first kappa shape index (κ1) is 14.1. The van der Waals surface area contributed by atoms with Crippen LogP contribution in [0.15, 0.2) is 6.33 Å². The Morgan fingerprint density at radius 1 is 1.41 bits per heavy atom. The van der Waals surface area contributed by atoms with Crippen molar-refractivity contribution >= 4 is 9.84 Å². The maximum absolute atomic E-state index is 11.3. The third-order valence-electron chi connectivity index (χ3n) is 2.37. The number of sulfone groups is 1. The minimum atomic E-state index is -2.93. The Kier molecular flexibility index (Phi) is 5.57. The van der Waals surface area contributed by atoms with Gasteiger partial charge in [0.2, 0.25) is 0 Å². The average molecular weight is 260 g/mol. The maximum atomic E-state index is 11.3. The van der Waals surface area contributed by atoms with Gasteiger partial charge in [-0.15, -0.1) is 0 Å². The van der Waals surface area contributed by atoms with Gasteiger partial charge in [0.05, 0.1) is 18.8 Å². The Labute approximate surface area is 102 Å². The number of hydrogen-bond donors (Lipinski definition) is 1. The van der Waals surface area contributed by atoms with Crippen molar-refractivity contribution in [3.63, 3.8) is 0 Å². The van der Waals surface area contributed by atoms with Gasteiger partial charge in [0, 0.05) is 5.75 Å². The molecule has 7 heteroatoms. The highest BCUT2D eigenvalue weighted by Gasteiger charge is 2.08. The molecule has 0 aliphatic heterocycles. The largest absolute Gasteiger partial charge is 0.310 e. The zero-order valence-electron chi connectivity index (χ0n) is 10.4. The molecule has 0 aliphatic carbocycles. The van der Waals surface area contributed by atoms with E-state index in [0.29, 0.717) is 18.9 Å². The molecule has 0 bridgehead atoms. The van der Waals surface area contributed by atoms with Gasteiger partial charge in [0.25, 0.3) is 0 Å². The molecule has 0 saturated carbocycles. The van der Waals surface area contributed by atoms with Crippen LogP contribution < -0.4 is 5.32 Å². The van der Waals surface area contributed by atoms with E-state index in [2.05, 4.69) is 22.3 Å². The van der Waals surface area contributed by atoms with Crippen molar-refractivity contribution < 1.29 is 8.42 Å². The van der Waals surface area contributed by atoms with Crippen molar-refractivity contribution in [3.8, 4) is 0 Å². The molecular weight excluding hydrogens is 240 g/mol. The minimum absolute atomic E-state index is 0.120. The van der Waals surface area contributed by atoms with Crippen LogP contribution in [0.25, 0.3) is 0 Å². The summed E-state index contributed by atoms with van der Waals surface area (Å²) in [6.07, 6.45) is 2.64. The molecule has 1 N–H and O–H groups in total. The summed E-state index contributed by atoms with van der Waals surface area (Å²) in [5.74, 6) is 0.994. The second-order valence-electron chi connectivity index (χ2n) is 3.84. The second kappa shape index (κ2) is 6.70. The molecule has 0 atom stereocenters. The zero-order valence-corrected chi connectivity index (χ0v) is 11.2. The van der Waals surface area contributed by atoms with Crippen LogP contribution in [0, 0.1) is 0 Å². The molecule has 1 aromatic rings. The number of aromatic nitrogens is 3. The van der Waals surface area contributed by atoms with Gasteiger partial charge in [-0.2, -0.15) is 5.10 Å². The summed E-state index contributed by atoms with van der Waals surface area (Å²) >= 11 is 0. The van der Waals surface area contributed by atoms with E-state index < -0.39 is 9.84 Å². The molecular formula is C10H20N4O2S. The molecule has 1 heterocycles. The lowest BCUT2D eigenvalue weighted by molar-refractivity contribution is 0.577. The van der Waals surface area contributed by atoms with Gasteiger partial charge in [-0.1, -0.05) is 13.8 Å². The molecule has 6 nitrogen and oxygen atoms in total. The highest BCUT2D eigenvalue weighted by molar-refractivity contribution is 7.91. The van der Waals surface area contributed by atoms with Gasteiger partial charge in [0.15, 0.2) is 15.7 Å². The molecule has 0 radical (unpaired) electrons. The zero-order chi connectivity index (χ0) is 12.7. The van der Waals surface area contributed by atoms with E-state index in [-0.39, 0.29) is 11.5 Å². The molecule has 0 aromatic carbocycles. The van der Waals surface area contributed by atoms with E-state index in [1.165, 1.54) is 0 Å². The van der Waals surface area contributed by atoms with Crippen molar-refractivity contribution in [2.24, 2.45) is 0 Å². The Bertz CT molecular complexity index is 427. The van der Waals surface area contributed by atoms with Gasteiger partial charge in [-0.05, 0) is 13.0 Å². The number of aryl methyl sites for hydroxylation is 1. The number of nitrogens with zero attached hydrogens (tertiary/aromatic N) is 3. The summed E-state index contributed by atoms with van der Waals surface area (Å²) in [5, 5.41) is 7.39. The summed E-state index contributed by atoms with van der Waals surface area (Å²) in [5.41, 5.74) is 0.